The van der Waals surface area contributed by atoms with E-state index in [4.69, 9.17) is 0 Å². The number of carbonyl (C=O) groups excluding carboxylic acids is 2. The van der Waals surface area contributed by atoms with Crippen molar-refractivity contribution in [2.75, 3.05) is 11.9 Å². The number of alkyl halides is 3. The van der Waals surface area contributed by atoms with Crippen molar-refractivity contribution in [1.29, 1.82) is 0 Å². The monoisotopic (exact) mass is 350 g/mol. The molecule has 2 rings (SSSR count). The fourth-order valence-electron chi connectivity index (χ4n) is 2.25. The Labute approximate surface area is 143 Å². The van der Waals surface area contributed by atoms with Crippen LogP contribution in [0.3, 0.4) is 0 Å². The first-order chi connectivity index (χ1) is 11.8. The lowest BCUT2D eigenvalue weighted by molar-refractivity contribution is -0.137. The Bertz CT molecular complexity index is 773. The maximum absolute atomic E-state index is 12.7. The van der Waals surface area contributed by atoms with E-state index < -0.39 is 17.6 Å². The smallest absolute Gasteiger partial charge is 0.352 e. The minimum absolute atomic E-state index is 0.199. The number of rotatable bonds is 5. The van der Waals surface area contributed by atoms with Crippen molar-refractivity contribution in [2.24, 2.45) is 0 Å². The Morgan fingerprint density at radius 2 is 1.76 bits per heavy atom. The van der Waals surface area contributed by atoms with Crippen LogP contribution in [-0.4, -0.2) is 18.4 Å². The molecule has 0 aliphatic carbocycles. The first-order valence-corrected chi connectivity index (χ1v) is 7.64. The number of anilines is 1. The average molecular weight is 350 g/mol. The summed E-state index contributed by atoms with van der Waals surface area (Å²) in [4.78, 5) is 23.8. The lowest BCUT2D eigenvalue weighted by atomic mass is 10.1. The molecule has 0 spiro atoms. The van der Waals surface area contributed by atoms with Gasteiger partial charge < -0.3 is 10.6 Å². The van der Waals surface area contributed by atoms with Crippen molar-refractivity contribution in [1.82, 2.24) is 5.32 Å². The van der Waals surface area contributed by atoms with Gasteiger partial charge in [0.15, 0.2) is 0 Å². The summed E-state index contributed by atoms with van der Waals surface area (Å²) < 4.78 is 38.1. The number of nitrogens with one attached hydrogen (secondary N) is 2. The van der Waals surface area contributed by atoms with Gasteiger partial charge in [0.2, 0.25) is 5.91 Å². The molecule has 0 radical (unpaired) electrons. The molecule has 25 heavy (non-hydrogen) atoms. The summed E-state index contributed by atoms with van der Waals surface area (Å²) in [5.41, 5.74) is 0.252. The molecule has 0 atom stereocenters. The van der Waals surface area contributed by atoms with Crippen molar-refractivity contribution < 1.29 is 22.8 Å². The van der Waals surface area contributed by atoms with E-state index in [1.807, 2.05) is 0 Å². The van der Waals surface area contributed by atoms with Crippen molar-refractivity contribution in [3.8, 4) is 0 Å². The number of hydrogen-bond donors (Lipinski definition) is 2. The molecular weight excluding hydrogens is 333 g/mol. The van der Waals surface area contributed by atoms with E-state index in [2.05, 4.69) is 10.6 Å². The Balaban J connectivity index is 2.06. The number of benzene rings is 2. The lowest BCUT2D eigenvalue weighted by Gasteiger charge is -2.10. The highest BCUT2D eigenvalue weighted by molar-refractivity contribution is 5.97. The molecule has 0 saturated heterocycles. The van der Waals surface area contributed by atoms with Gasteiger partial charge >= 0.3 is 6.18 Å². The van der Waals surface area contributed by atoms with Crippen LogP contribution in [0.4, 0.5) is 18.9 Å². The van der Waals surface area contributed by atoms with Crippen molar-refractivity contribution in [3.05, 3.63) is 65.2 Å². The molecule has 0 bridgehead atoms. The zero-order valence-corrected chi connectivity index (χ0v) is 13.5. The number of halogens is 3. The van der Waals surface area contributed by atoms with Gasteiger partial charge in [0.25, 0.3) is 5.91 Å². The summed E-state index contributed by atoms with van der Waals surface area (Å²) in [6, 6.07) is 11.0. The van der Waals surface area contributed by atoms with Crippen LogP contribution in [0.25, 0.3) is 0 Å². The molecule has 0 aromatic heterocycles. The SMILES string of the molecule is CCNC(=O)c1cccc(NC(=O)Cc2cccc(C(F)(F)F)c2)c1. The van der Waals surface area contributed by atoms with Gasteiger partial charge in [0.05, 0.1) is 12.0 Å². The number of amides is 2. The molecule has 0 saturated carbocycles. The standard InChI is InChI=1S/C18H17F3N2O2/c1-2-22-17(25)13-6-4-8-15(11-13)23-16(24)10-12-5-3-7-14(9-12)18(19,20)21/h3-9,11H,2,10H2,1H3,(H,22,25)(H,23,24). The Morgan fingerprint density at radius 3 is 2.44 bits per heavy atom. The fourth-order valence-corrected chi connectivity index (χ4v) is 2.25. The maximum Gasteiger partial charge on any atom is 0.416 e. The van der Waals surface area contributed by atoms with E-state index >= 15 is 0 Å². The topological polar surface area (TPSA) is 58.2 Å². The van der Waals surface area contributed by atoms with Crippen LogP contribution in [0.15, 0.2) is 48.5 Å². The van der Waals surface area contributed by atoms with Crippen LogP contribution in [0.5, 0.6) is 0 Å². The molecule has 0 unspecified atom stereocenters. The summed E-state index contributed by atoms with van der Waals surface area (Å²) in [6.07, 6.45) is -4.65. The zero-order valence-electron chi connectivity index (χ0n) is 13.5. The van der Waals surface area contributed by atoms with Gasteiger partial charge in [-0.15, -0.1) is 0 Å². The largest absolute Gasteiger partial charge is 0.416 e. The zero-order chi connectivity index (χ0) is 18.4. The summed E-state index contributed by atoms with van der Waals surface area (Å²) in [5, 5.41) is 5.23. The highest BCUT2D eigenvalue weighted by Crippen LogP contribution is 2.29. The van der Waals surface area contributed by atoms with E-state index in [0.717, 1.165) is 12.1 Å². The molecule has 132 valence electrons. The molecule has 2 aromatic carbocycles. The van der Waals surface area contributed by atoms with Crippen LogP contribution in [0.1, 0.15) is 28.4 Å². The maximum atomic E-state index is 12.7. The van der Waals surface area contributed by atoms with Gasteiger partial charge in [-0.25, -0.2) is 0 Å². The van der Waals surface area contributed by atoms with Gasteiger partial charge in [-0.2, -0.15) is 13.2 Å². The van der Waals surface area contributed by atoms with Gasteiger partial charge in [-0.3, -0.25) is 9.59 Å². The van der Waals surface area contributed by atoms with Crippen LogP contribution in [0.2, 0.25) is 0 Å². The molecule has 2 aromatic rings. The quantitative estimate of drug-likeness (QED) is 0.865. The third kappa shape index (κ3) is 5.34. The summed E-state index contributed by atoms with van der Waals surface area (Å²) in [7, 11) is 0. The molecule has 2 amide bonds. The Morgan fingerprint density at radius 1 is 1.04 bits per heavy atom. The summed E-state index contributed by atoms with van der Waals surface area (Å²) >= 11 is 0. The van der Waals surface area contributed by atoms with E-state index in [0.29, 0.717) is 17.8 Å². The fraction of sp³-hybridized carbons (Fsp3) is 0.222. The van der Waals surface area contributed by atoms with E-state index in [1.165, 1.54) is 18.2 Å². The Hall–Kier alpha value is -2.83. The normalized spacial score (nSPS) is 11.0. The van der Waals surface area contributed by atoms with Crippen molar-refractivity contribution >= 4 is 17.5 Å². The van der Waals surface area contributed by atoms with Crippen LogP contribution in [0, 0.1) is 0 Å². The van der Waals surface area contributed by atoms with E-state index in [-0.39, 0.29) is 17.9 Å². The summed E-state index contributed by atoms with van der Waals surface area (Å²) in [5.74, 6) is -0.733. The minimum Gasteiger partial charge on any atom is -0.352 e. The second-order valence-corrected chi connectivity index (χ2v) is 5.36. The predicted molar refractivity (Wildman–Crippen MR) is 88.2 cm³/mol. The molecule has 2 N–H and O–H groups in total. The molecule has 0 heterocycles. The summed E-state index contributed by atoms with van der Waals surface area (Å²) in [6.45, 7) is 2.27. The van der Waals surface area contributed by atoms with Crippen LogP contribution >= 0.6 is 0 Å². The second-order valence-electron chi connectivity index (χ2n) is 5.36. The number of hydrogen-bond acceptors (Lipinski definition) is 2. The predicted octanol–water partition coefficient (Wildman–Crippen LogP) is 3.64. The third-order valence-electron chi connectivity index (χ3n) is 3.36. The highest BCUT2D eigenvalue weighted by atomic mass is 19.4. The molecule has 0 fully saturated rings. The van der Waals surface area contributed by atoms with Crippen molar-refractivity contribution in [2.45, 2.75) is 19.5 Å². The first-order valence-electron chi connectivity index (χ1n) is 7.64. The molecule has 0 aliphatic heterocycles. The number of carbonyl (C=O) groups is 2. The molecule has 0 aliphatic rings. The van der Waals surface area contributed by atoms with Gasteiger partial charge in [-0.1, -0.05) is 24.3 Å². The average Bonchev–Trinajstić information content (AvgIpc) is 2.54. The van der Waals surface area contributed by atoms with Gasteiger partial charge in [-0.05, 0) is 36.8 Å². The first kappa shape index (κ1) is 18.5. The molecule has 4 nitrogen and oxygen atoms in total. The minimum atomic E-state index is -4.45. The van der Waals surface area contributed by atoms with Crippen LogP contribution in [-0.2, 0) is 17.4 Å². The van der Waals surface area contributed by atoms with E-state index in [1.54, 1.807) is 25.1 Å². The molecule has 7 heteroatoms. The Kier molecular flexibility index (Phi) is 5.80. The second kappa shape index (κ2) is 7.83. The van der Waals surface area contributed by atoms with Crippen molar-refractivity contribution in [3.63, 3.8) is 0 Å². The van der Waals surface area contributed by atoms with Gasteiger partial charge in [0.1, 0.15) is 0 Å². The lowest BCUT2D eigenvalue weighted by Crippen LogP contribution is -2.23. The van der Waals surface area contributed by atoms with Crippen LogP contribution < -0.4 is 10.6 Å². The third-order valence-corrected chi connectivity index (χ3v) is 3.36. The van der Waals surface area contributed by atoms with E-state index in [9.17, 15) is 22.8 Å². The highest BCUT2D eigenvalue weighted by Gasteiger charge is 2.30. The molecular formula is C18H17F3N2O2. The van der Waals surface area contributed by atoms with Gasteiger partial charge in [0, 0.05) is 17.8 Å².